The summed E-state index contributed by atoms with van der Waals surface area (Å²) in [6.07, 6.45) is 7.17. The number of nitrogens with zero attached hydrogens (tertiary/aromatic N) is 1. The van der Waals surface area contributed by atoms with Gasteiger partial charge in [-0.25, -0.2) is 0 Å². The highest BCUT2D eigenvalue weighted by atomic mass is 16.1. The molecule has 2 aromatic rings. The molecule has 0 aliphatic heterocycles. The van der Waals surface area contributed by atoms with Crippen molar-refractivity contribution < 1.29 is 4.79 Å². The third-order valence-electron chi connectivity index (χ3n) is 4.30. The number of Topliss-reactive ketones (excluding diaryl/α,β-unsaturated/α-hetero) is 1. The molecule has 0 radical (unpaired) electrons. The standard InChI is InChI=1S/C19H22N2O/c20-10-2-1-3-14-4-6-15(7-5-14)17-11-16-8-9-18(22)12-19(16)21-13-17/h4-7,11,13H,1-3,8-10,12,20H2. The molecule has 2 N–H and O–H groups in total. The molecule has 3 nitrogen and oxygen atoms in total. The molecule has 114 valence electrons. The molecular formula is C19H22N2O. The van der Waals surface area contributed by atoms with Gasteiger partial charge in [-0.05, 0) is 55.0 Å². The van der Waals surface area contributed by atoms with Crippen LogP contribution in [0.4, 0.5) is 0 Å². The molecule has 0 saturated heterocycles. The van der Waals surface area contributed by atoms with E-state index in [9.17, 15) is 4.79 Å². The Labute approximate surface area is 131 Å². The van der Waals surface area contributed by atoms with Crippen LogP contribution in [0.2, 0.25) is 0 Å². The van der Waals surface area contributed by atoms with Gasteiger partial charge in [0, 0.05) is 24.6 Å². The summed E-state index contributed by atoms with van der Waals surface area (Å²) in [5, 5.41) is 0. The van der Waals surface area contributed by atoms with E-state index in [-0.39, 0.29) is 0 Å². The number of hydrogen-bond acceptors (Lipinski definition) is 3. The van der Waals surface area contributed by atoms with Crippen molar-refractivity contribution in [3.63, 3.8) is 0 Å². The molecule has 3 rings (SSSR count). The van der Waals surface area contributed by atoms with Gasteiger partial charge >= 0.3 is 0 Å². The number of unbranched alkanes of at least 4 members (excludes halogenated alkanes) is 1. The molecule has 0 spiro atoms. The topological polar surface area (TPSA) is 56.0 Å². The highest BCUT2D eigenvalue weighted by Crippen LogP contribution is 2.25. The Hall–Kier alpha value is -2.00. The van der Waals surface area contributed by atoms with Crippen LogP contribution in [0.5, 0.6) is 0 Å². The first-order valence-corrected chi connectivity index (χ1v) is 8.05. The molecular weight excluding hydrogens is 272 g/mol. The summed E-state index contributed by atoms with van der Waals surface area (Å²) in [6.45, 7) is 0.765. The zero-order chi connectivity index (χ0) is 15.4. The van der Waals surface area contributed by atoms with Crippen LogP contribution >= 0.6 is 0 Å². The molecule has 3 heteroatoms. The quantitative estimate of drug-likeness (QED) is 0.862. The number of ketones is 1. The summed E-state index contributed by atoms with van der Waals surface area (Å²) in [7, 11) is 0. The number of fused-ring (bicyclic) bond motifs is 1. The number of aryl methyl sites for hydroxylation is 2. The summed E-state index contributed by atoms with van der Waals surface area (Å²) in [4.78, 5) is 16.0. The number of benzene rings is 1. The second-order valence-corrected chi connectivity index (χ2v) is 5.99. The van der Waals surface area contributed by atoms with Crippen LogP contribution in [0, 0.1) is 0 Å². The molecule has 0 bridgehead atoms. The van der Waals surface area contributed by atoms with E-state index in [4.69, 9.17) is 5.73 Å². The van der Waals surface area contributed by atoms with E-state index >= 15 is 0 Å². The second kappa shape index (κ2) is 6.84. The van der Waals surface area contributed by atoms with Crippen molar-refractivity contribution in [3.05, 3.63) is 53.3 Å². The summed E-state index contributed by atoms with van der Waals surface area (Å²) in [5.74, 6) is 0.301. The van der Waals surface area contributed by atoms with Gasteiger partial charge in [-0.15, -0.1) is 0 Å². The predicted octanol–water partition coefficient (Wildman–Crippen LogP) is 3.09. The van der Waals surface area contributed by atoms with Gasteiger partial charge in [0.25, 0.3) is 0 Å². The fraction of sp³-hybridized carbons (Fsp3) is 0.368. The Morgan fingerprint density at radius 1 is 1.05 bits per heavy atom. The number of carbonyl (C=O) groups is 1. The van der Waals surface area contributed by atoms with Crippen LogP contribution in [0.3, 0.4) is 0 Å². The summed E-state index contributed by atoms with van der Waals surface area (Å²) in [6, 6.07) is 10.9. The number of pyridine rings is 1. The summed E-state index contributed by atoms with van der Waals surface area (Å²) >= 11 is 0. The number of carbonyl (C=O) groups excluding carboxylic acids is 1. The van der Waals surface area contributed by atoms with Gasteiger partial charge in [0.2, 0.25) is 0 Å². The van der Waals surface area contributed by atoms with Crippen LogP contribution in [-0.4, -0.2) is 17.3 Å². The van der Waals surface area contributed by atoms with Crippen molar-refractivity contribution in [3.8, 4) is 11.1 Å². The average molecular weight is 294 g/mol. The van der Waals surface area contributed by atoms with Crippen LogP contribution in [0.25, 0.3) is 11.1 Å². The molecule has 0 saturated carbocycles. The highest BCUT2D eigenvalue weighted by molar-refractivity contribution is 5.83. The normalized spacial score (nSPS) is 14.0. The van der Waals surface area contributed by atoms with Crippen molar-refractivity contribution in [1.29, 1.82) is 0 Å². The first-order valence-electron chi connectivity index (χ1n) is 8.05. The van der Waals surface area contributed by atoms with E-state index < -0.39 is 0 Å². The fourth-order valence-electron chi connectivity index (χ4n) is 2.96. The maximum absolute atomic E-state index is 11.5. The smallest absolute Gasteiger partial charge is 0.139 e. The first-order chi connectivity index (χ1) is 10.8. The van der Waals surface area contributed by atoms with E-state index in [0.717, 1.165) is 43.5 Å². The molecule has 1 aliphatic rings. The molecule has 0 amide bonds. The highest BCUT2D eigenvalue weighted by Gasteiger charge is 2.17. The van der Waals surface area contributed by atoms with E-state index in [0.29, 0.717) is 18.6 Å². The van der Waals surface area contributed by atoms with Gasteiger partial charge in [0.15, 0.2) is 0 Å². The molecule has 22 heavy (non-hydrogen) atoms. The van der Waals surface area contributed by atoms with Crippen molar-refractivity contribution in [2.24, 2.45) is 5.73 Å². The average Bonchev–Trinajstić information content (AvgIpc) is 2.55. The van der Waals surface area contributed by atoms with Crippen molar-refractivity contribution >= 4 is 5.78 Å². The van der Waals surface area contributed by atoms with Crippen molar-refractivity contribution in [2.75, 3.05) is 6.54 Å². The molecule has 0 atom stereocenters. The first kappa shape index (κ1) is 14.9. The third-order valence-corrected chi connectivity index (χ3v) is 4.30. The number of rotatable bonds is 5. The monoisotopic (exact) mass is 294 g/mol. The van der Waals surface area contributed by atoms with Crippen LogP contribution in [0.15, 0.2) is 36.5 Å². The van der Waals surface area contributed by atoms with E-state index in [2.05, 4.69) is 35.3 Å². The Kier molecular flexibility index (Phi) is 4.64. The van der Waals surface area contributed by atoms with Crippen molar-refractivity contribution in [1.82, 2.24) is 4.98 Å². The van der Waals surface area contributed by atoms with E-state index in [1.54, 1.807) is 0 Å². The van der Waals surface area contributed by atoms with Crippen LogP contribution in [0.1, 0.15) is 36.1 Å². The number of hydrogen-bond donors (Lipinski definition) is 1. The Bertz CT molecular complexity index is 662. The Morgan fingerprint density at radius 3 is 2.64 bits per heavy atom. The summed E-state index contributed by atoms with van der Waals surface area (Å²) < 4.78 is 0. The Balaban J connectivity index is 1.75. The zero-order valence-corrected chi connectivity index (χ0v) is 12.8. The maximum Gasteiger partial charge on any atom is 0.139 e. The molecule has 1 aromatic carbocycles. The van der Waals surface area contributed by atoms with E-state index in [1.165, 1.54) is 16.7 Å². The Morgan fingerprint density at radius 2 is 1.86 bits per heavy atom. The van der Waals surface area contributed by atoms with Gasteiger partial charge in [0.1, 0.15) is 5.78 Å². The zero-order valence-electron chi connectivity index (χ0n) is 12.8. The predicted molar refractivity (Wildman–Crippen MR) is 88.7 cm³/mol. The molecule has 1 aliphatic carbocycles. The van der Waals surface area contributed by atoms with Gasteiger partial charge in [-0.3, -0.25) is 9.78 Å². The van der Waals surface area contributed by atoms with Gasteiger partial charge in [-0.2, -0.15) is 0 Å². The van der Waals surface area contributed by atoms with Gasteiger partial charge in [0.05, 0.1) is 5.69 Å². The number of nitrogens with two attached hydrogens (primary N) is 1. The van der Waals surface area contributed by atoms with E-state index in [1.807, 2.05) is 6.20 Å². The molecule has 0 unspecified atom stereocenters. The van der Waals surface area contributed by atoms with Crippen molar-refractivity contribution in [2.45, 2.75) is 38.5 Å². The van der Waals surface area contributed by atoms with Crippen LogP contribution < -0.4 is 5.73 Å². The lowest BCUT2D eigenvalue weighted by Gasteiger charge is -2.15. The fourth-order valence-corrected chi connectivity index (χ4v) is 2.96. The largest absolute Gasteiger partial charge is 0.330 e. The molecule has 1 aromatic heterocycles. The summed E-state index contributed by atoms with van der Waals surface area (Å²) in [5.41, 5.74) is 11.4. The minimum absolute atomic E-state index is 0.301. The SMILES string of the molecule is NCCCCc1ccc(-c2cnc3c(c2)CCC(=O)C3)cc1. The maximum atomic E-state index is 11.5. The minimum Gasteiger partial charge on any atom is -0.330 e. The molecule has 1 heterocycles. The lowest BCUT2D eigenvalue weighted by atomic mass is 9.92. The van der Waals surface area contributed by atoms with Crippen LogP contribution in [-0.2, 0) is 24.1 Å². The lowest BCUT2D eigenvalue weighted by molar-refractivity contribution is -0.118. The van der Waals surface area contributed by atoms with Gasteiger partial charge < -0.3 is 5.73 Å². The minimum atomic E-state index is 0.301. The number of aromatic nitrogens is 1. The van der Waals surface area contributed by atoms with Gasteiger partial charge in [-0.1, -0.05) is 24.3 Å². The molecule has 0 fully saturated rings. The third kappa shape index (κ3) is 3.42. The lowest BCUT2D eigenvalue weighted by Crippen LogP contribution is -2.14. The second-order valence-electron chi connectivity index (χ2n) is 5.99.